The van der Waals surface area contributed by atoms with Gasteiger partial charge in [-0.05, 0) is 6.42 Å². The molecule has 0 aromatic heterocycles. The van der Waals surface area contributed by atoms with E-state index >= 15 is 0 Å². The normalized spacial score (nSPS) is 16.1. The first-order valence-corrected chi connectivity index (χ1v) is 7.79. The molecule has 1 aliphatic heterocycles. The molecule has 1 fully saturated rings. The molecule has 1 aliphatic rings. The van der Waals surface area contributed by atoms with E-state index in [0.717, 1.165) is 0 Å². The lowest BCUT2D eigenvalue weighted by Gasteiger charge is -2.34. The number of rotatable bonds is 7. The van der Waals surface area contributed by atoms with Gasteiger partial charge in [0, 0.05) is 53.4 Å². The van der Waals surface area contributed by atoms with E-state index in [1.807, 2.05) is 0 Å². The molecule has 0 spiro atoms. The maximum Gasteiger partial charge on any atom is 0.411 e. The zero-order valence-corrected chi connectivity index (χ0v) is 14.1. The topological polar surface area (TPSA) is 65.1 Å². The number of hydrogen-bond acceptors (Lipinski definition) is 4. The largest absolute Gasteiger partial charge is 0.411 e. The summed E-state index contributed by atoms with van der Waals surface area (Å²) in [7, 11) is 3.23. The molecule has 0 aromatic rings. The Morgan fingerprint density at radius 3 is 2.33 bits per heavy atom. The summed E-state index contributed by atoms with van der Waals surface area (Å²) in [4.78, 5) is 28.4. The van der Waals surface area contributed by atoms with Crippen LogP contribution in [0, 0.1) is 0 Å². The van der Waals surface area contributed by atoms with Crippen LogP contribution in [0.2, 0.25) is 0 Å². The molecule has 7 nitrogen and oxygen atoms in total. The van der Waals surface area contributed by atoms with Gasteiger partial charge in [0.25, 0.3) is 0 Å². The van der Waals surface area contributed by atoms with E-state index < -0.39 is 12.8 Å². The molecule has 1 rings (SSSR count). The second-order valence-corrected chi connectivity index (χ2v) is 5.80. The van der Waals surface area contributed by atoms with Gasteiger partial charge in [-0.2, -0.15) is 13.2 Å². The zero-order chi connectivity index (χ0) is 18.2. The number of nitrogens with one attached hydrogen (secondary N) is 1. The van der Waals surface area contributed by atoms with Crippen LogP contribution in [0.1, 0.15) is 6.42 Å². The van der Waals surface area contributed by atoms with Crippen molar-refractivity contribution < 1.29 is 27.5 Å². The Morgan fingerprint density at radius 2 is 1.79 bits per heavy atom. The van der Waals surface area contributed by atoms with E-state index in [4.69, 9.17) is 0 Å². The summed E-state index contributed by atoms with van der Waals surface area (Å²) < 4.78 is 40.3. The van der Waals surface area contributed by atoms with Gasteiger partial charge in [-0.1, -0.05) is 0 Å². The van der Waals surface area contributed by atoms with Crippen molar-refractivity contribution in [2.24, 2.45) is 0 Å². The SMILES string of the molecule is CN(C)C(=O)CNC(=O)N1CCN(CCCOCC(F)(F)F)CC1. The molecule has 10 heteroatoms. The van der Waals surface area contributed by atoms with Gasteiger partial charge in [-0.3, -0.25) is 9.69 Å². The third kappa shape index (κ3) is 8.34. The Morgan fingerprint density at radius 1 is 1.17 bits per heavy atom. The third-order valence-electron chi connectivity index (χ3n) is 3.58. The van der Waals surface area contributed by atoms with Gasteiger partial charge in [-0.15, -0.1) is 0 Å². The van der Waals surface area contributed by atoms with Crippen molar-refractivity contribution in [3.05, 3.63) is 0 Å². The fraction of sp³-hybridized carbons (Fsp3) is 0.857. The molecule has 0 saturated carbocycles. The van der Waals surface area contributed by atoms with Crippen LogP contribution >= 0.6 is 0 Å². The zero-order valence-electron chi connectivity index (χ0n) is 14.1. The second-order valence-electron chi connectivity index (χ2n) is 5.80. The fourth-order valence-electron chi connectivity index (χ4n) is 2.17. The van der Waals surface area contributed by atoms with Crippen LogP contribution in [0.15, 0.2) is 0 Å². The quantitative estimate of drug-likeness (QED) is 0.671. The molecule has 24 heavy (non-hydrogen) atoms. The number of halogens is 3. The Bertz CT molecular complexity index is 411. The van der Waals surface area contributed by atoms with Crippen LogP contribution in [0.4, 0.5) is 18.0 Å². The standard InChI is InChI=1S/C14H25F3N4O3/c1-19(2)12(22)10-18-13(23)21-7-5-20(6-8-21)4-3-9-24-11-14(15,16)17/h3-11H2,1-2H3,(H,18,23). The number of piperazine rings is 1. The molecule has 0 aliphatic carbocycles. The van der Waals surface area contributed by atoms with E-state index in [9.17, 15) is 22.8 Å². The summed E-state index contributed by atoms with van der Waals surface area (Å²) in [5.74, 6) is -0.180. The van der Waals surface area contributed by atoms with Crippen molar-refractivity contribution in [3.63, 3.8) is 0 Å². The summed E-state index contributed by atoms with van der Waals surface area (Å²) in [6.07, 6.45) is -3.77. The number of nitrogens with zero attached hydrogens (tertiary/aromatic N) is 3. The number of likely N-dealkylation sites (N-methyl/N-ethyl adjacent to an activating group) is 1. The van der Waals surface area contributed by atoms with Crippen molar-refractivity contribution in [1.82, 2.24) is 20.0 Å². The van der Waals surface area contributed by atoms with Crippen molar-refractivity contribution in [2.45, 2.75) is 12.6 Å². The number of alkyl halides is 3. The lowest BCUT2D eigenvalue weighted by molar-refractivity contribution is -0.174. The first-order valence-electron chi connectivity index (χ1n) is 7.79. The van der Waals surface area contributed by atoms with Gasteiger partial charge < -0.3 is 19.9 Å². The van der Waals surface area contributed by atoms with Gasteiger partial charge in [0.1, 0.15) is 6.61 Å². The van der Waals surface area contributed by atoms with Crippen LogP contribution in [0.5, 0.6) is 0 Å². The second kappa shape index (κ2) is 9.67. The predicted octanol–water partition coefficient (Wildman–Crippen LogP) is 0.371. The van der Waals surface area contributed by atoms with E-state index in [0.29, 0.717) is 39.1 Å². The Kier molecular flexibility index (Phi) is 8.26. The minimum Gasteiger partial charge on any atom is -0.372 e. The number of urea groups is 1. The Balaban J connectivity index is 2.13. The van der Waals surface area contributed by atoms with Gasteiger partial charge in [-0.25, -0.2) is 4.79 Å². The Hall–Kier alpha value is -1.55. The van der Waals surface area contributed by atoms with E-state index in [1.54, 1.807) is 19.0 Å². The summed E-state index contributed by atoms with van der Waals surface area (Å²) >= 11 is 0. The van der Waals surface area contributed by atoms with Gasteiger partial charge >= 0.3 is 12.2 Å². The maximum atomic E-state index is 11.9. The summed E-state index contributed by atoms with van der Waals surface area (Å²) in [6, 6.07) is -0.279. The predicted molar refractivity (Wildman–Crippen MR) is 81.6 cm³/mol. The first-order chi connectivity index (χ1) is 11.2. The molecule has 0 aromatic carbocycles. The molecule has 140 valence electrons. The van der Waals surface area contributed by atoms with Crippen LogP contribution in [0.25, 0.3) is 0 Å². The molecule has 1 saturated heterocycles. The fourth-order valence-corrected chi connectivity index (χ4v) is 2.17. The van der Waals surface area contributed by atoms with Crippen molar-refractivity contribution in [1.29, 1.82) is 0 Å². The van der Waals surface area contributed by atoms with E-state index in [2.05, 4.69) is 15.0 Å². The Labute approximate surface area is 139 Å². The minimum atomic E-state index is -4.28. The lowest BCUT2D eigenvalue weighted by atomic mass is 10.3. The molecule has 0 radical (unpaired) electrons. The van der Waals surface area contributed by atoms with Gasteiger partial charge in [0.15, 0.2) is 0 Å². The lowest BCUT2D eigenvalue weighted by Crippen LogP contribution is -2.53. The van der Waals surface area contributed by atoms with E-state index in [-0.39, 0.29) is 25.1 Å². The molecule has 3 amide bonds. The molecular weight excluding hydrogens is 329 g/mol. The number of ether oxygens (including phenoxy) is 1. The van der Waals surface area contributed by atoms with Gasteiger partial charge in [0.05, 0.1) is 6.54 Å². The molecule has 1 N–H and O–H groups in total. The monoisotopic (exact) mass is 354 g/mol. The molecule has 1 heterocycles. The van der Waals surface area contributed by atoms with Crippen molar-refractivity contribution >= 4 is 11.9 Å². The maximum absolute atomic E-state index is 11.9. The van der Waals surface area contributed by atoms with Crippen molar-refractivity contribution in [3.8, 4) is 0 Å². The summed E-state index contributed by atoms with van der Waals surface area (Å²) in [5.41, 5.74) is 0. The van der Waals surface area contributed by atoms with Crippen LogP contribution < -0.4 is 5.32 Å². The van der Waals surface area contributed by atoms with E-state index in [1.165, 1.54) is 4.90 Å². The first kappa shape index (κ1) is 20.5. The average Bonchev–Trinajstić information content (AvgIpc) is 2.51. The number of carbonyl (C=O) groups excluding carboxylic acids is 2. The highest BCUT2D eigenvalue weighted by molar-refractivity contribution is 5.83. The summed E-state index contributed by atoms with van der Waals surface area (Å²) in [5, 5.41) is 2.57. The van der Waals surface area contributed by atoms with Crippen LogP contribution in [-0.2, 0) is 9.53 Å². The number of carbonyl (C=O) groups is 2. The highest BCUT2D eigenvalue weighted by Crippen LogP contribution is 2.14. The molecule has 0 bridgehead atoms. The number of hydrogen-bond donors (Lipinski definition) is 1. The summed E-state index contributed by atoms with van der Waals surface area (Å²) in [6.45, 7) is 1.77. The van der Waals surface area contributed by atoms with Crippen LogP contribution in [-0.4, -0.2) is 99.4 Å². The van der Waals surface area contributed by atoms with Crippen LogP contribution in [0.3, 0.4) is 0 Å². The molecular formula is C14H25F3N4O3. The third-order valence-corrected chi connectivity index (χ3v) is 3.58. The molecule has 0 unspecified atom stereocenters. The molecule has 0 atom stereocenters. The minimum absolute atomic E-state index is 0.0391. The number of amides is 3. The van der Waals surface area contributed by atoms with Crippen molar-refractivity contribution in [2.75, 3.05) is 66.6 Å². The highest BCUT2D eigenvalue weighted by atomic mass is 19.4. The van der Waals surface area contributed by atoms with Gasteiger partial charge in [0.2, 0.25) is 5.91 Å². The average molecular weight is 354 g/mol. The smallest absolute Gasteiger partial charge is 0.372 e. The highest BCUT2D eigenvalue weighted by Gasteiger charge is 2.27.